The van der Waals surface area contributed by atoms with Gasteiger partial charge in [-0.05, 0) is 37.6 Å². The molecular weight excluding hydrogens is 200 g/mol. The zero-order chi connectivity index (χ0) is 11.5. The summed E-state index contributed by atoms with van der Waals surface area (Å²) < 4.78 is 1.92. The number of nitrogens with zero attached hydrogens (tertiary/aromatic N) is 3. The topological polar surface area (TPSA) is 56.7 Å². The van der Waals surface area contributed by atoms with E-state index in [2.05, 4.69) is 17.0 Å². The summed E-state index contributed by atoms with van der Waals surface area (Å²) in [5.74, 6) is 0. The predicted octanol–water partition coefficient (Wildman–Crippen LogP) is 1.65. The molecule has 0 saturated carbocycles. The number of rotatable bonds is 3. The lowest BCUT2D eigenvalue weighted by Gasteiger charge is -2.13. The fourth-order valence-corrected chi connectivity index (χ4v) is 1.80. The van der Waals surface area contributed by atoms with Crippen LogP contribution in [0.3, 0.4) is 0 Å². The molecule has 0 aromatic carbocycles. The molecule has 2 N–H and O–H groups in total. The Morgan fingerprint density at radius 1 is 1.38 bits per heavy atom. The molecule has 0 spiro atoms. The average molecular weight is 216 g/mol. The first-order chi connectivity index (χ1) is 7.72. The molecule has 2 heterocycles. The average Bonchev–Trinajstić information content (AvgIpc) is 2.76. The van der Waals surface area contributed by atoms with E-state index in [0.717, 1.165) is 23.5 Å². The highest BCUT2D eigenvalue weighted by molar-refractivity contribution is 5.27. The van der Waals surface area contributed by atoms with Crippen LogP contribution in [0.2, 0.25) is 0 Å². The molecule has 0 radical (unpaired) electrons. The highest BCUT2D eigenvalue weighted by Crippen LogP contribution is 2.19. The summed E-state index contributed by atoms with van der Waals surface area (Å²) in [6.45, 7) is 4.86. The van der Waals surface area contributed by atoms with E-state index < -0.39 is 0 Å². The number of pyridine rings is 1. The molecule has 0 fully saturated rings. The molecule has 84 valence electrons. The lowest BCUT2D eigenvalue weighted by Crippen LogP contribution is -2.17. The Morgan fingerprint density at radius 3 is 2.88 bits per heavy atom. The summed E-state index contributed by atoms with van der Waals surface area (Å²) >= 11 is 0. The molecule has 0 aliphatic rings. The molecule has 0 aliphatic heterocycles. The largest absolute Gasteiger partial charge is 0.319 e. The first-order valence-corrected chi connectivity index (χ1v) is 5.42. The van der Waals surface area contributed by atoms with Gasteiger partial charge < -0.3 is 5.73 Å². The summed E-state index contributed by atoms with van der Waals surface area (Å²) in [5, 5.41) is 4.22. The Hall–Kier alpha value is -1.68. The molecular formula is C12H16N4. The van der Waals surface area contributed by atoms with E-state index >= 15 is 0 Å². The van der Waals surface area contributed by atoms with Crippen LogP contribution in [0.4, 0.5) is 0 Å². The van der Waals surface area contributed by atoms with Crippen LogP contribution in [0.15, 0.2) is 30.6 Å². The van der Waals surface area contributed by atoms with Crippen LogP contribution in [0.1, 0.15) is 29.9 Å². The fraction of sp³-hybridized carbons (Fsp3) is 0.333. The van der Waals surface area contributed by atoms with Crippen LogP contribution < -0.4 is 5.73 Å². The molecule has 2 aromatic heterocycles. The Kier molecular flexibility index (Phi) is 3.01. The van der Waals surface area contributed by atoms with Crippen molar-refractivity contribution < 1.29 is 0 Å². The van der Waals surface area contributed by atoms with Crippen molar-refractivity contribution in [2.24, 2.45) is 5.73 Å². The molecule has 0 amide bonds. The van der Waals surface area contributed by atoms with Gasteiger partial charge in [0.05, 0.1) is 11.7 Å². The van der Waals surface area contributed by atoms with Gasteiger partial charge in [0.25, 0.3) is 0 Å². The minimum absolute atomic E-state index is 0.135. The molecule has 2 rings (SSSR count). The van der Waals surface area contributed by atoms with Crippen molar-refractivity contribution in [2.75, 3.05) is 0 Å². The van der Waals surface area contributed by atoms with Crippen LogP contribution in [0, 0.1) is 6.92 Å². The van der Waals surface area contributed by atoms with Gasteiger partial charge in [-0.3, -0.25) is 9.67 Å². The van der Waals surface area contributed by atoms with Gasteiger partial charge in [0.15, 0.2) is 0 Å². The van der Waals surface area contributed by atoms with Gasteiger partial charge in [0.1, 0.15) is 0 Å². The normalized spacial score (nSPS) is 12.7. The Bertz CT molecular complexity index is 475. The summed E-state index contributed by atoms with van der Waals surface area (Å²) in [5.41, 5.74) is 9.31. The highest BCUT2D eigenvalue weighted by Gasteiger charge is 2.13. The van der Waals surface area contributed by atoms with Crippen molar-refractivity contribution in [1.29, 1.82) is 0 Å². The van der Waals surface area contributed by atoms with Gasteiger partial charge in [-0.25, -0.2) is 0 Å². The van der Waals surface area contributed by atoms with Gasteiger partial charge in [0.2, 0.25) is 0 Å². The number of hydrogen-bond donors (Lipinski definition) is 1. The van der Waals surface area contributed by atoms with E-state index in [9.17, 15) is 0 Å². The first kappa shape index (κ1) is 10.8. The maximum Gasteiger partial charge on any atom is 0.0724 e. The highest BCUT2D eigenvalue weighted by atomic mass is 15.3. The summed E-state index contributed by atoms with van der Waals surface area (Å²) in [6.07, 6.45) is 3.57. The maximum absolute atomic E-state index is 6.22. The second-order valence-corrected chi connectivity index (χ2v) is 3.78. The van der Waals surface area contributed by atoms with Crippen molar-refractivity contribution >= 4 is 0 Å². The standard InChI is InChI=1S/C12H16N4/c1-3-16-11(5-7-15-16)12(13)10-4-6-14-9(2)8-10/h4-8,12H,3,13H2,1-2H3. The molecule has 0 aliphatic carbocycles. The number of aryl methyl sites for hydroxylation is 2. The van der Waals surface area contributed by atoms with Crippen LogP contribution in [0.5, 0.6) is 0 Å². The summed E-state index contributed by atoms with van der Waals surface area (Å²) in [4.78, 5) is 4.17. The van der Waals surface area contributed by atoms with Crippen LogP contribution in [-0.2, 0) is 6.54 Å². The maximum atomic E-state index is 6.22. The van der Waals surface area contributed by atoms with Crippen molar-refractivity contribution in [3.8, 4) is 0 Å². The van der Waals surface area contributed by atoms with E-state index in [4.69, 9.17) is 5.73 Å². The first-order valence-electron chi connectivity index (χ1n) is 5.42. The lowest BCUT2D eigenvalue weighted by molar-refractivity contribution is 0.600. The SMILES string of the molecule is CCn1nccc1C(N)c1ccnc(C)c1. The Labute approximate surface area is 95.1 Å². The molecule has 16 heavy (non-hydrogen) atoms. The van der Waals surface area contributed by atoms with E-state index in [1.165, 1.54) is 0 Å². The smallest absolute Gasteiger partial charge is 0.0724 e. The van der Waals surface area contributed by atoms with Crippen molar-refractivity contribution in [1.82, 2.24) is 14.8 Å². The quantitative estimate of drug-likeness (QED) is 0.848. The third kappa shape index (κ3) is 1.97. The van der Waals surface area contributed by atoms with E-state index in [0.29, 0.717) is 0 Å². The van der Waals surface area contributed by atoms with Crippen LogP contribution in [-0.4, -0.2) is 14.8 Å². The van der Waals surface area contributed by atoms with Gasteiger partial charge >= 0.3 is 0 Å². The minimum atomic E-state index is -0.135. The second-order valence-electron chi connectivity index (χ2n) is 3.78. The zero-order valence-corrected chi connectivity index (χ0v) is 9.59. The van der Waals surface area contributed by atoms with E-state index in [1.54, 1.807) is 12.4 Å². The number of hydrogen-bond acceptors (Lipinski definition) is 3. The molecule has 0 bridgehead atoms. The Morgan fingerprint density at radius 2 is 2.19 bits per heavy atom. The predicted molar refractivity (Wildman–Crippen MR) is 62.9 cm³/mol. The monoisotopic (exact) mass is 216 g/mol. The molecule has 0 saturated heterocycles. The van der Waals surface area contributed by atoms with Crippen molar-refractivity contribution in [2.45, 2.75) is 26.4 Å². The van der Waals surface area contributed by atoms with E-state index in [1.807, 2.05) is 29.8 Å². The third-order valence-corrected chi connectivity index (χ3v) is 2.65. The van der Waals surface area contributed by atoms with Crippen molar-refractivity contribution in [3.05, 3.63) is 47.5 Å². The molecule has 1 unspecified atom stereocenters. The lowest BCUT2D eigenvalue weighted by atomic mass is 10.1. The van der Waals surface area contributed by atoms with E-state index in [-0.39, 0.29) is 6.04 Å². The Balaban J connectivity index is 2.35. The van der Waals surface area contributed by atoms with Gasteiger partial charge in [-0.15, -0.1) is 0 Å². The second kappa shape index (κ2) is 4.45. The van der Waals surface area contributed by atoms with Gasteiger partial charge in [0, 0.05) is 24.6 Å². The van der Waals surface area contributed by atoms with Gasteiger partial charge in [-0.2, -0.15) is 5.10 Å². The summed E-state index contributed by atoms with van der Waals surface area (Å²) in [6, 6.07) is 5.79. The number of nitrogens with two attached hydrogens (primary N) is 1. The number of aromatic nitrogens is 3. The fourth-order valence-electron chi connectivity index (χ4n) is 1.80. The molecule has 1 atom stereocenters. The van der Waals surface area contributed by atoms with Gasteiger partial charge in [-0.1, -0.05) is 0 Å². The molecule has 4 heteroatoms. The zero-order valence-electron chi connectivity index (χ0n) is 9.59. The van der Waals surface area contributed by atoms with Crippen LogP contribution in [0.25, 0.3) is 0 Å². The van der Waals surface area contributed by atoms with Crippen molar-refractivity contribution in [3.63, 3.8) is 0 Å². The third-order valence-electron chi connectivity index (χ3n) is 2.65. The summed E-state index contributed by atoms with van der Waals surface area (Å²) in [7, 11) is 0. The minimum Gasteiger partial charge on any atom is -0.319 e. The van der Waals surface area contributed by atoms with Crippen LogP contribution >= 0.6 is 0 Å². The molecule has 4 nitrogen and oxygen atoms in total. The molecule has 2 aromatic rings.